The highest BCUT2D eigenvalue weighted by Gasteiger charge is 2.29. The zero-order valence-electron chi connectivity index (χ0n) is 13.2. The number of carbonyl (C=O) groups excluding carboxylic acids is 2. The molecule has 116 valence electrons. The van der Waals surface area contributed by atoms with Crippen LogP contribution in [0.5, 0.6) is 0 Å². The summed E-state index contributed by atoms with van der Waals surface area (Å²) < 4.78 is 0. The number of thiophene rings is 1. The van der Waals surface area contributed by atoms with Gasteiger partial charge in [0.05, 0.1) is 10.4 Å². The van der Waals surface area contributed by atoms with Crippen molar-refractivity contribution in [1.29, 1.82) is 0 Å². The van der Waals surface area contributed by atoms with E-state index in [0.29, 0.717) is 10.4 Å². The Balaban J connectivity index is 2.25. The number of aryl methyl sites for hydroxylation is 1. The third-order valence-corrected chi connectivity index (χ3v) is 4.00. The summed E-state index contributed by atoms with van der Waals surface area (Å²) in [6.07, 6.45) is 0. The molecule has 0 aliphatic heterocycles. The minimum absolute atomic E-state index is 0.225. The Morgan fingerprint density at radius 1 is 1.09 bits per heavy atom. The van der Waals surface area contributed by atoms with Gasteiger partial charge in [0.25, 0.3) is 11.8 Å². The smallest absolute Gasteiger partial charge is 0.267 e. The maximum atomic E-state index is 12.7. The molecule has 4 nitrogen and oxygen atoms in total. The first-order valence-electron chi connectivity index (χ1n) is 7.05. The van der Waals surface area contributed by atoms with Gasteiger partial charge >= 0.3 is 0 Å². The molecule has 0 saturated carbocycles. The van der Waals surface area contributed by atoms with Crippen molar-refractivity contribution in [2.75, 3.05) is 0 Å². The molecule has 0 unspecified atom stereocenters. The summed E-state index contributed by atoms with van der Waals surface area (Å²) in [5.74, 6) is -0.497. The molecule has 0 spiro atoms. The van der Waals surface area contributed by atoms with Crippen molar-refractivity contribution >= 4 is 23.2 Å². The van der Waals surface area contributed by atoms with Gasteiger partial charge in [-0.2, -0.15) is 0 Å². The van der Waals surface area contributed by atoms with Gasteiger partial charge in [0.1, 0.15) is 0 Å². The minimum atomic E-state index is -0.533. The van der Waals surface area contributed by atoms with Crippen LogP contribution >= 0.6 is 11.3 Å². The van der Waals surface area contributed by atoms with E-state index in [4.69, 9.17) is 0 Å². The topological polar surface area (TPSA) is 49.4 Å². The van der Waals surface area contributed by atoms with E-state index in [1.54, 1.807) is 18.2 Å². The van der Waals surface area contributed by atoms with Crippen LogP contribution in [0.4, 0.5) is 0 Å². The van der Waals surface area contributed by atoms with E-state index in [1.807, 2.05) is 51.3 Å². The van der Waals surface area contributed by atoms with Gasteiger partial charge in [0.2, 0.25) is 0 Å². The summed E-state index contributed by atoms with van der Waals surface area (Å²) in [6.45, 7) is 7.61. The van der Waals surface area contributed by atoms with Crippen molar-refractivity contribution < 1.29 is 9.59 Å². The van der Waals surface area contributed by atoms with Crippen molar-refractivity contribution in [3.05, 3.63) is 57.8 Å². The molecular weight excluding hydrogens is 296 g/mol. The van der Waals surface area contributed by atoms with E-state index >= 15 is 0 Å². The fourth-order valence-electron chi connectivity index (χ4n) is 1.91. The largest absolute Gasteiger partial charge is 0.279 e. The molecule has 2 rings (SSSR count). The van der Waals surface area contributed by atoms with E-state index in [-0.39, 0.29) is 11.8 Å². The fourth-order valence-corrected chi connectivity index (χ4v) is 2.53. The fraction of sp³-hybridized carbons (Fsp3) is 0.294. The normalized spacial score (nSPS) is 11.1. The molecule has 0 aliphatic carbocycles. The second-order valence-electron chi connectivity index (χ2n) is 6.10. The lowest BCUT2D eigenvalue weighted by atomic mass is 10.1. The lowest BCUT2D eigenvalue weighted by molar-refractivity contribution is 0.0360. The number of hydrogen-bond donors (Lipinski definition) is 1. The SMILES string of the molecule is Cc1ccc(C(=O)N(NC(=O)c2cccs2)C(C)(C)C)cc1. The molecule has 2 aromatic rings. The van der Waals surface area contributed by atoms with Crippen molar-refractivity contribution in [3.8, 4) is 0 Å². The molecule has 1 N–H and O–H groups in total. The monoisotopic (exact) mass is 316 g/mol. The summed E-state index contributed by atoms with van der Waals surface area (Å²) in [5.41, 5.74) is 3.83. The van der Waals surface area contributed by atoms with Crippen molar-refractivity contribution in [3.63, 3.8) is 0 Å². The summed E-state index contributed by atoms with van der Waals surface area (Å²) in [5, 5.41) is 3.22. The first-order chi connectivity index (χ1) is 10.3. The third kappa shape index (κ3) is 3.74. The molecule has 2 amide bonds. The number of benzene rings is 1. The second-order valence-corrected chi connectivity index (χ2v) is 7.04. The first-order valence-corrected chi connectivity index (χ1v) is 7.93. The lowest BCUT2D eigenvalue weighted by Crippen LogP contribution is -2.55. The van der Waals surface area contributed by atoms with E-state index in [9.17, 15) is 9.59 Å². The van der Waals surface area contributed by atoms with Crippen LogP contribution in [-0.2, 0) is 0 Å². The van der Waals surface area contributed by atoms with Gasteiger partial charge in [-0.1, -0.05) is 23.8 Å². The molecule has 5 heteroatoms. The van der Waals surface area contributed by atoms with Crippen LogP contribution in [0.2, 0.25) is 0 Å². The standard InChI is InChI=1S/C17H20N2O2S/c1-12-7-9-13(10-8-12)16(21)19(17(2,3)4)18-15(20)14-6-5-11-22-14/h5-11H,1-4H3,(H,18,20). The third-order valence-electron chi connectivity index (χ3n) is 3.13. The molecule has 0 fully saturated rings. The highest BCUT2D eigenvalue weighted by Crippen LogP contribution is 2.17. The zero-order valence-corrected chi connectivity index (χ0v) is 14.0. The van der Waals surface area contributed by atoms with E-state index < -0.39 is 5.54 Å². The zero-order chi connectivity index (χ0) is 16.3. The molecule has 1 aromatic heterocycles. The van der Waals surface area contributed by atoms with Crippen molar-refractivity contribution in [2.24, 2.45) is 0 Å². The van der Waals surface area contributed by atoms with Crippen LogP contribution in [0.1, 0.15) is 46.4 Å². The van der Waals surface area contributed by atoms with Gasteiger partial charge in [-0.25, -0.2) is 5.01 Å². The van der Waals surface area contributed by atoms with Gasteiger partial charge in [-0.05, 0) is 51.3 Å². The number of rotatable bonds is 2. The van der Waals surface area contributed by atoms with E-state index in [0.717, 1.165) is 5.56 Å². The predicted molar refractivity (Wildman–Crippen MR) is 88.9 cm³/mol. The first kappa shape index (κ1) is 16.2. The molecule has 0 saturated heterocycles. The van der Waals surface area contributed by atoms with Crippen molar-refractivity contribution in [2.45, 2.75) is 33.2 Å². The molecule has 1 aromatic carbocycles. The van der Waals surface area contributed by atoms with Crippen molar-refractivity contribution in [1.82, 2.24) is 10.4 Å². The highest BCUT2D eigenvalue weighted by atomic mass is 32.1. The van der Waals surface area contributed by atoms with Crippen LogP contribution in [0, 0.1) is 6.92 Å². The van der Waals surface area contributed by atoms with Crippen LogP contribution in [0.3, 0.4) is 0 Å². The maximum Gasteiger partial charge on any atom is 0.279 e. The molecule has 1 heterocycles. The van der Waals surface area contributed by atoms with E-state index in [2.05, 4.69) is 5.43 Å². The highest BCUT2D eigenvalue weighted by molar-refractivity contribution is 7.12. The number of hydrazine groups is 1. The summed E-state index contributed by atoms with van der Waals surface area (Å²) in [7, 11) is 0. The summed E-state index contributed by atoms with van der Waals surface area (Å²) >= 11 is 1.34. The predicted octanol–water partition coefficient (Wildman–Crippen LogP) is 3.64. The van der Waals surface area contributed by atoms with Crippen LogP contribution in [0.15, 0.2) is 41.8 Å². The Labute approximate surface area is 134 Å². The van der Waals surface area contributed by atoms with Gasteiger partial charge < -0.3 is 0 Å². The molecule has 0 atom stereocenters. The van der Waals surface area contributed by atoms with Crippen LogP contribution in [-0.4, -0.2) is 22.4 Å². The van der Waals surface area contributed by atoms with Crippen LogP contribution in [0.25, 0.3) is 0 Å². The Hall–Kier alpha value is -2.14. The summed E-state index contributed by atoms with van der Waals surface area (Å²) in [6, 6.07) is 10.9. The van der Waals surface area contributed by atoms with Gasteiger partial charge in [-0.15, -0.1) is 11.3 Å². The van der Waals surface area contributed by atoms with Gasteiger partial charge in [0, 0.05) is 5.56 Å². The molecule has 0 aliphatic rings. The number of nitrogens with zero attached hydrogens (tertiary/aromatic N) is 1. The number of amides is 2. The minimum Gasteiger partial charge on any atom is -0.267 e. The lowest BCUT2D eigenvalue weighted by Gasteiger charge is -2.35. The van der Waals surface area contributed by atoms with Gasteiger partial charge in [-0.3, -0.25) is 15.0 Å². The van der Waals surface area contributed by atoms with E-state index in [1.165, 1.54) is 16.3 Å². The maximum absolute atomic E-state index is 12.7. The molecule has 0 bridgehead atoms. The number of nitrogens with one attached hydrogen (secondary N) is 1. The Bertz CT molecular complexity index is 655. The number of carbonyl (C=O) groups is 2. The summed E-state index contributed by atoms with van der Waals surface area (Å²) in [4.78, 5) is 25.6. The molecule has 22 heavy (non-hydrogen) atoms. The second kappa shape index (κ2) is 6.32. The quantitative estimate of drug-likeness (QED) is 0.860. The Morgan fingerprint density at radius 3 is 2.23 bits per heavy atom. The van der Waals surface area contributed by atoms with Gasteiger partial charge in [0.15, 0.2) is 0 Å². The number of hydrogen-bond acceptors (Lipinski definition) is 3. The van der Waals surface area contributed by atoms with Crippen LogP contribution < -0.4 is 5.43 Å². The Morgan fingerprint density at radius 2 is 1.73 bits per heavy atom. The average molecular weight is 316 g/mol. The Kier molecular flexibility index (Phi) is 4.66. The molecule has 0 radical (unpaired) electrons. The molecular formula is C17H20N2O2S. The average Bonchev–Trinajstić information content (AvgIpc) is 2.97.